The molecule has 3 aliphatic carbocycles. The summed E-state index contributed by atoms with van der Waals surface area (Å²) in [4.78, 5) is 19.6. The summed E-state index contributed by atoms with van der Waals surface area (Å²) < 4.78 is 26.3. The Morgan fingerprint density at radius 2 is 2.27 bits per heavy atom. The van der Waals surface area contributed by atoms with E-state index in [1.165, 1.54) is 0 Å². The zero-order valence-electron chi connectivity index (χ0n) is 14.3. The summed E-state index contributed by atoms with van der Waals surface area (Å²) in [6, 6.07) is 5.87. The Labute approximate surface area is 149 Å². The molecule has 3 fully saturated rings. The van der Waals surface area contributed by atoms with E-state index in [4.69, 9.17) is 0 Å². The normalized spacial score (nSPS) is 29.6. The Morgan fingerprint density at radius 1 is 1.38 bits per heavy atom. The van der Waals surface area contributed by atoms with E-state index >= 15 is 0 Å². The van der Waals surface area contributed by atoms with Crippen molar-refractivity contribution in [1.82, 2.24) is 20.1 Å². The van der Waals surface area contributed by atoms with Gasteiger partial charge in [0.2, 0.25) is 5.91 Å². The molecule has 5 nitrogen and oxygen atoms in total. The summed E-state index contributed by atoms with van der Waals surface area (Å²) in [6.07, 6.45) is 2.75. The molecule has 7 heteroatoms. The van der Waals surface area contributed by atoms with Crippen molar-refractivity contribution in [3.8, 4) is 0 Å². The number of rotatable bonds is 3. The van der Waals surface area contributed by atoms with Crippen molar-refractivity contribution in [2.24, 2.45) is 11.8 Å². The van der Waals surface area contributed by atoms with Gasteiger partial charge in [-0.05, 0) is 37.3 Å². The van der Waals surface area contributed by atoms with Gasteiger partial charge in [0.25, 0.3) is 6.43 Å². The minimum absolute atomic E-state index is 0.0687. The lowest BCUT2D eigenvalue weighted by atomic mass is 9.58. The second kappa shape index (κ2) is 5.59. The molecule has 136 valence electrons. The van der Waals surface area contributed by atoms with Gasteiger partial charge in [-0.3, -0.25) is 14.9 Å². The van der Waals surface area contributed by atoms with Crippen LogP contribution in [0.3, 0.4) is 0 Å². The molecular formula is C19H20F2N4O. The van der Waals surface area contributed by atoms with Crippen molar-refractivity contribution in [2.45, 2.75) is 44.1 Å². The number of pyridine rings is 1. The molecule has 3 unspecified atom stereocenters. The van der Waals surface area contributed by atoms with E-state index in [-0.39, 0.29) is 29.5 Å². The molecule has 2 bridgehead atoms. The first-order valence-electron chi connectivity index (χ1n) is 9.14. The first-order chi connectivity index (χ1) is 12.6. The summed E-state index contributed by atoms with van der Waals surface area (Å²) in [6.45, 7) is 0.782. The van der Waals surface area contributed by atoms with E-state index in [0.29, 0.717) is 24.4 Å². The quantitative estimate of drug-likeness (QED) is 0.918. The van der Waals surface area contributed by atoms with Crippen LogP contribution in [0, 0.1) is 11.8 Å². The fourth-order valence-electron chi connectivity index (χ4n) is 5.34. The number of hydrogen-bond donors (Lipinski definition) is 1. The monoisotopic (exact) mass is 358 g/mol. The average Bonchev–Trinajstić information content (AvgIpc) is 3.35. The predicted molar refractivity (Wildman–Crippen MR) is 89.4 cm³/mol. The van der Waals surface area contributed by atoms with Gasteiger partial charge in [0.1, 0.15) is 5.69 Å². The summed E-state index contributed by atoms with van der Waals surface area (Å²) >= 11 is 0. The number of alkyl halides is 2. The van der Waals surface area contributed by atoms with Crippen molar-refractivity contribution < 1.29 is 13.6 Å². The number of nitrogens with one attached hydrogen (secondary N) is 1. The van der Waals surface area contributed by atoms with Crippen LogP contribution >= 0.6 is 0 Å². The maximum atomic E-state index is 13.3. The highest BCUT2D eigenvalue weighted by Gasteiger charge is 2.64. The second-order valence-electron chi connectivity index (χ2n) is 7.73. The number of aromatic amines is 1. The molecule has 0 saturated heterocycles. The molecule has 26 heavy (non-hydrogen) atoms. The minimum atomic E-state index is -2.62. The van der Waals surface area contributed by atoms with Gasteiger partial charge in [-0.15, -0.1) is 0 Å². The second-order valence-corrected chi connectivity index (χ2v) is 7.73. The van der Waals surface area contributed by atoms with Crippen LogP contribution in [0.5, 0.6) is 0 Å². The van der Waals surface area contributed by atoms with Crippen LogP contribution in [0.25, 0.3) is 0 Å². The topological polar surface area (TPSA) is 61.9 Å². The van der Waals surface area contributed by atoms with Crippen molar-refractivity contribution in [1.29, 1.82) is 0 Å². The highest BCUT2D eigenvalue weighted by molar-refractivity contribution is 5.83. The highest BCUT2D eigenvalue weighted by atomic mass is 19.3. The third-order valence-corrected chi connectivity index (χ3v) is 6.58. The number of aromatic nitrogens is 3. The van der Waals surface area contributed by atoms with Crippen molar-refractivity contribution in [3.05, 3.63) is 47.0 Å². The van der Waals surface area contributed by atoms with E-state index in [1.54, 1.807) is 11.1 Å². The molecular weight excluding hydrogens is 338 g/mol. The lowest BCUT2D eigenvalue weighted by Gasteiger charge is -2.48. The Hall–Kier alpha value is -2.31. The fourth-order valence-corrected chi connectivity index (χ4v) is 5.34. The molecule has 1 N–H and O–H groups in total. The molecule has 0 aromatic carbocycles. The largest absolute Gasteiger partial charge is 0.338 e. The minimum Gasteiger partial charge on any atom is -0.338 e. The van der Waals surface area contributed by atoms with E-state index in [9.17, 15) is 13.6 Å². The molecule has 2 aromatic rings. The number of fused-ring (bicyclic) bond motifs is 2. The van der Waals surface area contributed by atoms with Gasteiger partial charge < -0.3 is 4.90 Å². The average molecular weight is 358 g/mol. The first kappa shape index (κ1) is 15.9. The van der Waals surface area contributed by atoms with E-state index in [0.717, 1.165) is 30.7 Å². The third kappa shape index (κ3) is 2.09. The lowest BCUT2D eigenvalue weighted by molar-refractivity contribution is -0.145. The summed E-state index contributed by atoms with van der Waals surface area (Å²) in [5.74, 6) is 0.419. The summed E-state index contributed by atoms with van der Waals surface area (Å²) in [5.41, 5.74) is 1.86. The molecule has 6 rings (SSSR count). The predicted octanol–water partition coefficient (Wildman–Crippen LogP) is 2.99. The molecule has 3 saturated carbocycles. The van der Waals surface area contributed by atoms with E-state index in [1.807, 2.05) is 18.2 Å². The molecule has 3 heterocycles. The van der Waals surface area contributed by atoms with Gasteiger partial charge in [-0.2, -0.15) is 5.10 Å². The number of amides is 1. The Kier molecular flexibility index (Phi) is 3.42. The molecule has 1 aliphatic heterocycles. The Bertz CT molecular complexity index is 848. The summed E-state index contributed by atoms with van der Waals surface area (Å²) in [7, 11) is 0. The number of H-pyrrole nitrogens is 1. The smallest absolute Gasteiger partial charge is 0.282 e. The van der Waals surface area contributed by atoms with Gasteiger partial charge in [0.15, 0.2) is 0 Å². The zero-order valence-corrected chi connectivity index (χ0v) is 14.3. The van der Waals surface area contributed by atoms with Crippen LogP contribution in [0.2, 0.25) is 0 Å². The Morgan fingerprint density at radius 3 is 3.00 bits per heavy atom. The van der Waals surface area contributed by atoms with Gasteiger partial charge >= 0.3 is 0 Å². The molecule has 3 atom stereocenters. The summed E-state index contributed by atoms with van der Waals surface area (Å²) in [5, 5.41) is 6.46. The SMILES string of the molecule is O=C(C1C2CCC1(c1ccccn1)C2)N1CCc2[nH]nc(C(F)F)c2C1. The fraction of sp³-hybridized carbons (Fsp3) is 0.526. The van der Waals surface area contributed by atoms with Crippen molar-refractivity contribution >= 4 is 5.91 Å². The molecule has 1 amide bonds. The number of carbonyl (C=O) groups is 1. The number of nitrogens with zero attached hydrogens (tertiary/aromatic N) is 3. The molecule has 0 spiro atoms. The van der Waals surface area contributed by atoms with Crippen molar-refractivity contribution in [3.63, 3.8) is 0 Å². The molecule has 4 aliphatic rings. The van der Waals surface area contributed by atoms with Gasteiger partial charge in [0.05, 0.1) is 5.92 Å². The van der Waals surface area contributed by atoms with Crippen LogP contribution < -0.4 is 0 Å². The van der Waals surface area contributed by atoms with E-state index in [2.05, 4.69) is 15.2 Å². The maximum absolute atomic E-state index is 13.3. The van der Waals surface area contributed by atoms with E-state index < -0.39 is 6.43 Å². The number of halogens is 2. The van der Waals surface area contributed by atoms with Crippen LogP contribution in [0.1, 0.15) is 48.3 Å². The van der Waals surface area contributed by atoms with Gasteiger partial charge in [-0.25, -0.2) is 8.78 Å². The van der Waals surface area contributed by atoms with Gasteiger partial charge in [-0.1, -0.05) is 6.07 Å². The van der Waals surface area contributed by atoms with Crippen LogP contribution in [0.4, 0.5) is 8.78 Å². The number of carbonyl (C=O) groups excluding carboxylic acids is 1. The first-order valence-corrected chi connectivity index (χ1v) is 9.14. The molecule has 2 aromatic heterocycles. The van der Waals surface area contributed by atoms with Crippen LogP contribution in [-0.4, -0.2) is 32.5 Å². The van der Waals surface area contributed by atoms with Crippen LogP contribution in [-0.2, 0) is 23.2 Å². The highest BCUT2D eigenvalue weighted by Crippen LogP contribution is 2.64. The Balaban J connectivity index is 1.42. The zero-order chi connectivity index (χ0) is 17.9. The van der Waals surface area contributed by atoms with Crippen molar-refractivity contribution in [2.75, 3.05) is 6.54 Å². The van der Waals surface area contributed by atoms with Gasteiger partial charge in [0, 0.05) is 48.1 Å². The molecule has 0 radical (unpaired) electrons. The third-order valence-electron chi connectivity index (χ3n) is 6.58. The maximum Gasteiger partial charge on any atom is 0.282 e. The lowest BCUT2D eigenvalue weighted by Crippen LogP contribution is -2.54. The number of hydrogen-bond acceptors (Lipinski definition) is 3. The standard InChI is InChI=1S/C19H20F2N4O/c20-17(21)16-12-10-25(8-5-13(12)23-24-16)18(26)15-11-4-6-19(15,9-11)14-3-1-2-7-22-14/h1-3,7,11,15,17H,4-6,8-10H2,(H,23,24). The van der Waals surface area contributed by atoms with Crippen LogP contribution in [0.15, 0.2) is 24.4 Å².